The van der Waals surface area contributed by atoms with Gasteiger partial charge < -0.3 is 29.0 Å². The highest BCUT2D eigenvalue weighted by molar-refractivity contribution is 6.62. The summed E-state index contributed by atoms with van der Waals surface area (Å²) in [5.41, 5.74) is 1.32. The number of hydrogen-bond donors (Lipinski definition) is 1. The predicted molar refractivity (Wildman–Crippen MR) is 140 cm³/mol. The van der Waals surface area contributed by atoms with Gasteiger partial charge in [-0.1, -0.05) is 0 Å². The highest BCUT2D eigenvalue weighted by Crippen LogP contribution is 2.36. The van der Waals surface area contributed by atoms with Crippen molar-refractivity contribution in [1.29, 1.82) is 0 Å². The molecule has 3 fully saturated rings. The molecule has 1 N–H and O–H groups in total. The van der Waals surface area contributed by atoms with Crippen molar-refractivity contribution in [2.75, 3.05) is 56.5 Å². The molecule has 0 atom stereocenters. The molecule has 0 amide bonds. The highest BCUT2D eigenvalue weighted by Gasteiger charge is 2.52. The van der Waals surface area contributed by atoms with Crippen LogP contribution in [0, 0.1) is 0 Å². The number of nitrogens with one attached hydrogen (secondary N) is 1. The molecule has 0 saturated carbocycles. The lowest BCUT2D eigenvalue weighted by Gasteiger charge is -2.47. The molecule has 5 heterocycles. The molecule has 188 valence electrons. The number of likely N-dealkylation sites (tertiary alicyclic amines) is 1. The van der Waals surface area contributed by atoms with Gasteiger partial charge in [0, 0.05) is 64.0 Å². The Labute approximate surface area is 208 Å². The summed E-state index contributed by atoms with van der Waals surface area (Å²) in [5, 5.41) is 3.20. The third kappa shape index (κ3) is 4.72. The number of hydrogen-bond acceptors (Lipinski definition) is 8. The monoisotopic (exact) mass is 480 g/mol. The second kappa shape index (κ2) is 8.92. The van der Waals surface area contributed by atoms with E-state index >= 15 is 0 Å². The van der Waals surface area contributed by atoms with Gasteiger partial charge in [0.1, 0.15) is 11.5 Å². The molecule has 9 nitrogen and oxygen atoms in total. The third-order valence-corrected chi connectivity index (χ3v) is 7.98. The normalized spacial score (nSPS) is 22.9. The maximum absolute atomic E-state index is 12.8. The first-order valence-electron chi connectivity index (χ1n) is 12.5. The summed E-state index contributed by atoms with van der Waals surface area (Å²) in [6.45, 7) is 14.6. The summed E-state index contributed by atoms with van der Waals surface area (Å²) in [7, 11) is 3.37. The number of rotatable bonds is 5. The van der Waals surface area contributed by atoms with Gasteiger partial charge >= 0.3 is 7.12 Å². The minimum Gasteiger partial charge on any atom is -0.399 e. The minimum absolute atomic E-state index is 0.131. The van der Waals surface area contributed by atoms with Gasteiger partial charge in [-0.25, -0.2) is 4.98 Å². The molecular weight excluding hydrogens is 443 g/mol. The van der Waals surface area contributed by atoms with E-state index < -0.39 is 18.3 Å². The predicted octanol–water partition coefficient (Wildman–Crippen LogP) is 1.26. The van der Waals surface area contributed by atoms with E-state index in [2.05, 4.69) is 38.1 Å². The Bertz CT molecular complexity index is 1110. The molecule has 3 aliphatic rings. The van der Waals surface area contributed by atoms with Crippen LogP contribution in [0.25, 0.3) is 0 Å². The van der Waals surface area contributed by atoms with Crippen LogP contribution in [-0.4, -0.2) is 90.0 Å². The fourth-order valence-corrected chi connectivity index (χ4v) is 4.96. The molecule has 5 rings (SSSR count). The van der Waals surface area contributed by atoms with E-state index in [1.165, 1.54) is 13.1 Å². The maximum Gasteiger partial charge on any atom is 0.496 e. The topological polar surface area (TPSA) is 75.1 Å². The van der Waals surface area contributed by atoms with Crippen LogP contribution in [-0.2, 0) is 16.4 Å². The van der Waals surface area contributed by atoms with Crippen molar-refractivity contribution < 1.29 is 9.31 Å². The highest BCUT2D eigenvalue weighted by atomic mass is 16.7. The molecule has 10 heteroatoms. The first-order valence-corrected chi connectivity index (χ1v) is 12.5. The third-order valence-electron chi connectivity index (χ3n) is 7.98. The van der Waals surface area contributed by atoms with Crippen LogP contribution in [0.1, 0.15) is 27.7 Å². The molecule has 0 aromatic carbocycles. The van der Waals surface area contributed by atoms with Crippen molar-refractivity contribution in [2.24, 2.45) is 7.05 Å². The van der Waals surface area contributed by atoms with Crippen molar-refractivity contribution in [1.82, 2.24) is 19.4 Å². The van der Waals surface area contributed by atoms with Crippen molar-refractivity contribution in [2.45, 2.75) is 44.9 Å². The van der Waals surface area contributed by atoms with E-state index in [1.807, 2.05) is 40.0 Å². The molecule has 3 aliphatic heterocycles. The Balaban J connectivity index is 1.25. The van der Waals surface area contributed by atoms with Crippen molar-refractivity contribution >= 4 is 29.8 Å². The molecule has 0 unspecified atom stereocenters. The van der Waals surface area contributed by atoms with Gasteiger partial charge in [-0.15, -0.1) is 0 Å². The van der Waals surface area contributed by atoms with Crippen molar-refractivity contribution in [3.8, 4) is 0 Å². The second-order valence-electron chi connectivity index (χ2n) is 11.1. The maximum atomic E-state index is 12.8. The minimum atomic E-state index is -0.540. The number of piperazine rings is 1. The Kier molecular flexibility index (Phi) is 6.20. The lowest BCUT2D eigenvalue weighted by atomic mass is 9.80. The zero-order chi connectivity index (χ0) is 25.0. The first kappa shape index (κ1) is 24.3. The van der Waals surface area contributed by atoms with Gasteiger partial charge in [0.15, 0.2) is 0 Å². The van der Waals surface area contributed by atoms with Crippen molar-refractivity contribution in [3.05, 3.63) is 40.9 Å². The summed E-state index contributed by atoms with van der Waals surface area (Å²) < 4.78 is 13.9. The van der Waals surface area contributed by atoms with Gasteiger partial charge in [-0.05, 0) is 52.9 Å². The zero-order valence-corrected chi connectivity index (χ0v) is 21.7. The Hall–Kier alpha value is -2.40. The van der Waals surface area contributed by atoms with Crippen molar-refractivity contribution in [3.63, 3.8) is 0 Å². The largest absolute Gasteiger partial charge is 0.496 e. The molecular formula is C25H37BN6O3. The summed E-state index contributed by atoms with van der Waals surface area (Å²) in [6.07, 6.45) is 3.66. The fraction of sp³-hybridized carbons (Fsp3) is 0.600. The number of likely N-dealkylation sites (N-methyl/N-ethyl adjacent to an activating group) is 1. The molecule has 0 bridgehead atoms. The van der Waals surface area contributed by atoms with E-state index in [1.54, 1.807) is 23.9 Å². The van der Waals surface area contributed by atoms with E-state index in [4.69, 9.17) is 9.31 Å². The van der Waals surface area contributed by atoms with Crippen LogP contribution >= 0.6 is 0 Å². The number of pyridine rings is 2. The molecule has 0 aliphatic carbocycles. The first-order chi connectivity index (χ1) is 16.5. The lowest BCUT2D eigenvalue weighted by molar-refractivity contribution is 0.00578. The summed E-state index contributed by atoms with van der Waals surface area (Å²) in [4.78, 5) is 24.8. The van der Waals surface area contributed by atoms with E-state index in [0.717, 1.165) is 37.3 Å². The molecule has 35 heavy (non-hydrogen) atoms. The second-order valence-corrected chi connectivity index (χ2v) is 11.1. The Morgan fingerprint density at radius 2 is 1.69 bits per heavy atom. The molecule has 0 spiro atoms. The quantitative estimate of drug-likeness (QED) is 0.642. The standard InChI is InChI=1S/C25H37BN6O3/c1-24(2)25(3,4)35-26(34-24)18-13-21(23(33)30(6)15-18)28-22-8-7-19(14-27-22)31-9-11-32(12-10-31)20-16-29(5)17-20/h7-8,13-15,20H,9-12,16-17H2,1-6H3,(H,27,28). The Morgan fingerprint density at radius 3 is 2.26 bits per heavy atom. The van der Waals surface area contributed by atoms with Gasteiger partial charge in [0.25, 0.3) is 5.56 Å². The smallest absolute Gasteiger partial charge is 0.399 e. The summed E-state index contributed by atoms with van der Waals surface area (Å²) in [5.74, 6) is 0.632. The molecule has 2 aromatic heterocycles. The SMILES string of the molecule is CN1CC(N2CCN(c3ccc(Nc4cc(B5OC(C)(C)C(C)(C)O5)cn(C)c4=O)nc3)CC2)C1. The van der Waals surface area contributed by atoms with Crippen LogP contribution in [0.2, 0.25) is 0 Å². The Morgan fingerprint density at radius 1 is 1.03 bits per heavy atom. The number of aryl methyl sites for hydroxylation is 1. The number of aromatic nitrogens is 2. The van der Waals surface area contributed by atoms with Gasteiger partial charge in [-0.2, -0.15) is 0 Å². The molecule has 2 aromatic rings. The molecule has 3 saturated heterocycles. The lowest BCUT2D eigenvalue weighted by Crippen LogP contribution is -2.61. The van der Waals surface area contributed by atoms with Gasteiger partial charge in [0.05, 0.1) is 23.1 Å². The molecule has 0 radical (unpaired) electrons. The summed E-state index contributed by atoms with van der Waals surface area (Å²) >= 11 is 0. The fourth-order valence-electron chi connectivity index (χ4n) is 4.96. The van der Waals surface area contributed by atoms with Crippen LogP contribution in [0.5, 0.6) is 0 Å². The average molecular weight is 480 g/mol. The van der Waals surface area contributed by atoms with Crippen LogP contribution in [0.4, 0.5) is 17.2 Å². The van der Waals surface area contributed by atoms with E-state index in [0.29, 0.717) is 17.5 Å². The van der Waals surface area contributed by atoms with E-state index in [9.17, 15) is 4.79 Å². The van der Waals surface area contributed by atoms with Crippen LogP contribution in [0.15, 0.2) is 35.4 Å². The number of anilines is 3. The van der Waals surface area contributed by atoms with E-state index in [-0.39, 0.29) is 5.56 Å². The zero-order valence-electron chi connectivity index (χ0n) is 21.7. The van der Waals surface area contributed by atoms with Crippen LogP contribution in [0.3, 0.4) is 0 Å². The van der Waals surface area contributed by atoms with Gasteiger partial charge in [0.2, 0.25) is 0 Å². The summed E-state index contributed by atoms with van der Waals surface area (Å²) in [6, 6.07) is 6.52. The number of nitrogens with zero attached hydrogens (tertiary/aromatic N) is 5. The van der Waals surface area contributed by atoms with Gasteiger partial charge in [-0.3, -0.25) is 9.69 Å². The average Bonchev–Trinajstić information content (AvgIpc) is 3.02. The van der Waals surface area contributed by atoms with Crippen LogP contribution < -0.4 is 21.2 Å².